The molecule has 0 saturated heterocycles. The molecule has 0 aromatic heterocycles. The van der Waals surface area contributed by atoms with Gasteiger partial charge < -0.3 is 39.2 Å². The second-order valence-electron chi connectivity index (χ2n) is 19.0. The molecule has 4 saturated carbocycles. The summed E-state index contributed by atoms with van der Waals surface area (Å²) in [4.78, 5) is 83.8. The van der Waals surface area contributed by atoms with Crippen LogP contribution in [0.5, 0.6) is 11.5 Å². The van der Waals surface area contributed by atoms with Crippen LogP contribution in [-0.2, 0) is 28.6 Å². The van der Waals surface area contributed by atoms with E-state index in [0.29, 0.717) is 37.0 Å². The first-order valence-corrected chi connectivity index (χ1v) is 21.7. The Morgan fingerprint density at radius 1 is 0.855 bits per heavy atom. The minimum Gasteiger partial charge on any atom is -0.462 e. The minimum absolute atomic E-state index is 0.0870. The van der Waals surface area contributed by atoms with Crippen LogP contribution in [-0.4, -0.2) is 82.7 Å². The van der Waals surface area contributed by atoms with Gasteiger partial charge in [0.1, 0.15) is 17.6 Å². The van der Waals surface area contributed by atoms with Crippen LogP contribution in [0.15, 0.2) is 47.9 Å². The first kappa shape index (κ1) is 45.1. The van der Waals surface area contributed by atoms with Gasteiger partial charge >= 0.3 is 17.7 Å². The van der Waals surface area contributed by atoms with E-state index in [0.717, 1.165) is 25.3 Å². The summed E-state index contributed by atoms with van der Waals surface area (Å²) in [7, 11) is 1.44. The summed E-state index contributed by atoms with van der Waals surface area (Å²) < 4.78 is 30.2. The van der Waals surface area contributed by atoms with E-state index in [9.17, 15) is 39.0 Å². The van der Waals surface area contributed by atoms with Crippen molar-refractivity contribution in [2.75, 3.05) is 7.11 Å². The van der Waals surface area contributed by atoms with E-state index in [1.807, 2.05) is 0 Å². The van der Waals surface area contributed by atoms with Gasteiger partial charge in [-0.1, -0.05) is 45.9 Å². The lowest BCUT2D eigenvalue weighted by molar-refractivity contribution is -0.162. The van der Waals surface area contributed by atoms with E-state index >= 15 is 0 Å². The number of amides is 1. The van der Waals surface area contributed by atoms with E-state index in [-0.39, 0.29) is 45.0 Å². The Balaban J connectivity index is 1.32. The van der Waals surface area contributed by atoms with Crippen LogP contribution in [0.4, 0.5) is 0 Å². The fourth-order valence-corrected chi connectivity index (χ4v) is 11.3. The quantitative estimate of drug-likeness (QED) is 0.234. The highest BCUT2D eigenvalue weighted by Gasteiger charge is 2.57. The zero-order chi connectivity index (χ0) is 45.2. The lowest BCUT2D eigenvalue weighted by Gasteiger charge is -2.55. The lowest BCUT2D eigenvalue weighted by atomic mass is 9.49. The number of rotatable bonds is 4. The molecule has 3 heterocycles. The molecule has 9 bridgehead atoms. The topological polar surface area (TPSA) is 201 Å². The zero-order valence-corrected chi connectivity index (χ0v) is 36.9. The standard InChI is InChI=1S/C48H59NO13/c1-22-11-10-12-23(2)45(56)49-32-18-33(51)35-36(40(32)54)42(61-46(57)48-19-29-15-30(20-48)17-31(16-29)21-48)27(6)43-37(35)44(55)47(8,62-43)59-14-13-34(58-9)24(3)41(60-28(7)50)26(5)39(53)25(4)38(22)52/h10-14,18,22,24-26,29-31,34,38-39,41,52-53H,15-17,19-21H2,1-9H3,(H,49,56)/b11-10+,14-13+,23-12-/t22-,24+,25+,26-,29?,30?,31?,34-,38-,39-,41+,47-,48?/m0/s1. The van der Waals surface area contributed by atoms with Crippen molar-refractivity contribution in [1.82, 2.24) is 5.32 Å². The molecule has 14 nitrogen and oxygen atoms in total. The Bertz CT molecular complexity index is 2160. The number of allylic oxidation sites excluding steroid dienone is 4. The average molecular weight is 858 g/mol. The predicted molar refractivity (Wildman–Crippen MR) is 224 cm³/mol. The molecule has 1 amide bonds. The molecule has 62 heavy (non-hydrogen) atoms. The molecule has 14 heteroatoms. The van der Waals surface area contributed by atoms with Crippen molar-refractivity contribution in [2.24, 2.45) is 46.8 Å². The second-order valence-corrected chi connectivity index (χ2v) is 19.0. The number of fused-ring (bicyclic) bond motifs is 14. The minimum atomic E-state index is -2.08. The molecular formula is C48H59NO13. The highest BCUT2D eigenvalue weighted by molar-refractivity contribution is 6.31. The molecule has 0 unspecified atom stereocenters. The van der Waals surface area contributed by atoms with Crippen molar-refractivity contribution < 1.29 is 62.7 Å². The van der Waals surface area contributed by atoms with E-state index < -0.39 is 94.5 Å². The Labute approximate surface area is 362 Å². The number of carbonyl (C=O) groups is 6. The summed E-state index contributed by atoms with van der Waals surface area (Å²) in [5, 5.41) is 25.4. The highest BCUT2D eigenvalue weighted by atomic mass is 16.7. The number of aliphatic hydroxyl groups excluding tert-OH is 2. The summed E-state index contributed by atoms with van der Waals surface area (Å²) >= 11 is 0. The number of hydrogen-bond acceptors (Lipinski definition) is 13. The number of Topliss-reactive ketones (excluding diaryl/α,β-unsaturated/α-hetero) is 2. The third-order valence-electron chi connectivity index (χ3n) is 14.4. The Kier molecular flexibility index (Phi) is 12.4. The number of hydrogen-bond donors (Lipinski definition) is 3. The molecule has 9 rings (SSSR count). The molecule has 334 valence electrons. The van der Waals surface area contributed by atoms with Crippen LogP contribution in [0.1, 0.15) is 124 Å². The molecule has 5 aliphatic carbocycles. The molecule has 3 N–H and O–H groups in total. The Morgan fingerprint density at radius 3 is 2.08 bits per heavy atom. The predicted octanol–water partition coefficient (Wildman–Crippen LogP) is 6.05. The first-order chi connectivity index (χ1) is 29.2. The van der Waals surface area contributed by atoms with Gasteiger partial charge in [-0.05, 0) is 76.2 Å². The third-order valence-corrected chi connectivity index (χ3v) is 14.4. The van der Waals surface area contributed by atoms with Crippen LogP contribution in [0.25, 0.3) is 0 Å². The summed E-state index contributed by atoms with van der Waals surface area (Å²) in [6.45, 7) is 12.6. The molecule has 8 aliphatic rings. The largest absolute Gasteiger partial charge is 0.462 e. The van der Waals surface area contributed by atoms with Gasteiger partial charge in [-0.3, -0.25) is 28.8 Å². The van der Waals surface area contributed by atoms with Gasteiger partial charge in [-0.2, -0.15) is 0 Å². The number of ether oxygens (including phenoxy) is 5. The smallest absolute Gasteiger partial charge is 0.317 e. The summed E-state index contributed by atoms with van der Waals surface area (Å²) in [6.07, 6.45) is 9.69. The van der Waals surface area contributed by atoms with Crippen molar-refractivity contribution in [2.45, 2.75) is 124 Å². The number of ketones is 3. The molecular weight excluding hydrogens is 799 g/mol. The van der Waals surface area contributed by atoms with Gasteiger partial charge in [0.2, 0.25) is 5.78 Å². The second kappa shape index (κ2) is 17.0. The van der Waals surface area contributed by atoms with E-state index in [4.69, 9.17) is 23.7 Å². The number of carbonyl (C=O) groups excluding carboxylic acids is 6. The van der Waals surface area contributed by atoms with E-state index in [2.05, 4.69) is 5.32 Å². The number of nitrogens with one attached hydrogen (secondary N) is 1. The fraction of sp³-hybridized carbons (Fsp3) is 0.583. The number of aliphatic hydroxyl groups is 2. The monoisotopic (exact) mass is 857 g/mol. The van der Waals surface area contributed by atoms with E-state index in [1.165, 1.54) is 46.3 Å². The summed E-state index contributed by atoms with van der Waals surface area (Å²) in [6, 6.07) is 0. The van der Waals surface area contributed by atoms with Gasteiger partial charge in [0.05, 0.1) is 52.4 Å². The van der Waals surface area contributed by atoms with Crippen molar-refractivity contribution in [1.29, 1.82) is 0 Å². The third kappa shape index (κ3) is 7.98. The maximum Gasteiger partial charge on any atom is 0.317 e. The van der Waals surface area contributed by atoms with Crippen LogP contribution in [0, 0.1) is 53.8 Å². The molecule has 0 radical (unpaired) electrons. The molecule has 1 aromatic carbocycles. The summed E-state index contributed by atoms with van der Waals surface area (Å²) in [5.74, 6) is -7.86. The van der Waals surface area contributed by atoms with Crippen LogP contribution in [0.2, 0.25) is 0 Å². The SMILES string of the molecule is CO[C@H]1/C=C/O[C@@]2(C)Oc3c(C)c(OC(=O)C45CC6CC(CC(C6)C4)C5)c4c(c3C2=O)C(=O)C=C(NC(=O)/C(C)=C\C=C\[C@H](C)[C@H](O)[C@@H](C)[C@H](O)[C@H](C)[C@H](OC(C)=O)[C@@H]1C)C4=O. The molecule has 0 spiro atoms. The number of benzene rings is 1. The molecule has 1 aromatic rings. The van der Waals surface area contributed by atoms with Gasteiger partial charge in [0, 0.05) is 61.8 Å². The van der Waals surface area contributed by atoms with Gasteiger partial charge in [0.25, 0.3) is 11.7 Å². The van der Waals surface area contributed by atoms with Crippen LogP contribution < -0.4 is 14.8 Å². The van der Waals surface area contributed by atoms with E-state index in [1.54, 1.807) is 46.8 Å². The van der Waals surface area contributed by atoms with Crippen molar-refractivity contribution in [3.8, 4) is 11.5 Å². The van der Waals surface area contributed by atoms with Gasteiger partial charge in [-0.25, -0.2) is 0 Å². The van der Waals surface area contributed by atoms with Crippen molar-refractivity contribution in [3.05, 3.63) is 70.2 Å². The van der Waals surface area contributed by atoms with Crippen LogP contribution in [0.3, 0.4) is 0 Å². The van der Waals surface area contributed by atoms with Gasteiger partial charge in [-0.15, -0.1) is 0 Å². The highest BCUT2D eigenvalue weighted by Crippen LogP contribution is 2.61. The lowest BCUT2D eigenvalue weighted by Crippen LogP contribution is -2.51. The zero-order valence-electron chi connectivity index (χ0n) is 36.9. The Hall–Kier alpha value is -4.92. The first-order valence-electron chi connectivity index (χ1n) is 21.7. The fourth-order valence-electron chi connectivity index (χ4n) is 11.3. The average Bonchev–Trinajstić information content (AvgIpc) is 3.48. The molecule has 3 aliphatic heterocycles. The molecule has 9 atom stereocenters. The van der Waals surface area contributed by atoms with Crippen LogP contribution >= 0.6 is 0 Å². The maximum absolute atomic E-state index is 14.6. The number of methoxy groups -OCH3 is 1. The number of esters is 2. The van der Waals surface area contributed by atoms with Gasteiger partial charge in [0.15, 0.2) is 5.78 Å². The molecule has 4 fully saturated rings. The Morgan fingerprint density at radius 2 is 1.48 bits per heavy atom. The van der Waals surface area contributed by atoms with Crippen molar-refractivity contribution in [3.63, 3.8) is 0 Å². The van der Waals surface area contributed by atoms with Crippen molar-refractivity contribution >= 4 is 35.2 Å². The summed E-state index contributed by atoms with van der Waals surface area (Å²) in [5.41, 5.74) is -1.71. The normalized spacial score (nSPS) is 38.9. The maximum atomic E-state index is 14.6.